The van der Waals surface area contributed by atoms with Crippen LogP contribution in [0.15, 0.2) is 54.6 Å². The number of ether oxygens (including phenoxy) is 3. The maximum Gasteiger partial charge on any atom is 0.226 e. The number of morpholine rings is 1. The third-order valence-electron chi connectivity index (χ3n) is 6.07. The van der Waals surface area contributed by atoms with Gasteiger partial charge in [0.25, 0.3) is 0 Å². The molecule has 1 fully saturated rings. The van der Waals surface area contributed by atoms with E-state index < -0.39 is 5.82 Å². The topological polar surface area (TPSA) is 72.9 Å². The van der Waals surface area contributed by atoms with Crippen LogP contribution in [0.3, 0.4) is 0 Å². The van der Waals surface area contributed by atoms with Crippen LogP contribution in [-0.4, -0.2) is 50.4 Å². The largest absolute Gasteiger partial charge is 0.494 e. The Morgan fingerprint density at radius 1 is 1.05 bits per heavy atom. The quantitative estimate of drug-likeness (QED) is 0.382. The molecular formula is C30H36FN3O4. The van der Waals surface area contributed by atoms with Crippen molar-refractivity contribution in [2.45, 2.75) is 33.7 Å². The van der Waals surface area contributed by atoms with Gasteiger partial charge in [-0.15, -0.1) is 0 Å². The van der Waals surface area contributed by atoms with Gasteiger partial charge in [-0.1, -0.05) is 26.0 Å². The van der Waals surface area contributed by atoms with Gasteiger partial charge in [-0.2, -0.15) is 0 Å². The van der Waals surface area contributed by atoms with Gasteiger partial charge in [-0.05, 0) is 60.4 Å². The van der Waals surface area contributed by atoms with E-state index in [0.717, 1.165) is 35.8 Å². The highest BCUT2D eigenvalue weighted by Crippen LogP contribution is 2.31. The molecule has 0 atom stereocenters. The minimum Gasteiger partial charge on any atom is -0.494 e. The lowest BCUT2D eigenvalue weighted by Gasteiger charge is -2.30. The van der Waals surface area contributed by atoms with Gasteiger partial charge in [0.2, 0.25) is 5.91 Å². The average Bonchev–Trinajstić information content (AvgIpc) is 2.92. The number of anilines is 1. The van der Waals surface area contributed by atoms with E-state index in [-0.39, 0.29) is 18.9 Å². The lowest BCUT2D eigenvalue weighted by atomic mass is 10.0. The minimum absolute atomic E-state index is 0.118. The van der Waals surface area contributed by atoms with E-state index in [1.165, 1.54) is 12.1 Å². The number of hydrogen-bond donors (Lipinski definition) is 1. The van der Waals surface area contributed by atoms with Gasteiger partial charge < -0.3 is 24.4 Å². The molecule has 8 heteroatoms. The fourth-order valence-corrected chi connectivity index (χ4v) is 4.22. The van der Waals surface area contributed by atoms with E-state index in [1.807, 2.05) is 57.2 Å². The molecule has 1 aliphatic rings. The van der Waals surface area contributed by atoms with Crippen molar-refractivity contribution in [1.82, 2.24) is 10.3 Å². The summed E-state index contributed by atoms with van der Waals surface area (Å²) < 4.78 is 30.8. The first-order valence-corrected chi connectivity index (χ1v) is 13.2. The molecule has 1 aromatic heterocycles. The Hall–Kier alpha value is -3.65. The van der Waals surface area contributed by atoms with E-state index in [4.69, 9.17) is 19.2 Å². The number of halogens is 1. The summed E-state index contributed by atoms with van der Waals surface area (Å²) in [4.78, 5) is 19.9. The molecule has 7 nitrogen and oxygen atoms in total. The van der Waals surface area contributed by atoms with Gasteiger partial charge in [0.15, 0.2) is 0 Å². The fraction of sp³-hybridized carbons (Fsp3) is 0.400. The van der Waals surface area contributed by atoms with Crippen molar-refractivity contribution >= 4 is 11.7 Å². The van der Waals surface area contributed by atoms with Crippen LogP contribution in [0.5, 0.6) is 11.5 Å². The summed E-state index contributed by atoms with van der Waals surface area (Å²) in [6.07, 6.45) is 0.118. The number of hydrogen-bond acceptors (Lipinski definition) is 6. The second-order valence-corrected chi connectivity index (χ2v) is 9.68. The highest BCUT2D eigenvalue weighted by atomic mass is 19.1. The number of nitrogens with one attached hydrogen (secondary N) is 1. The minimum atomic E-state index is -0.391. The van der Waals surface area contributed by atoms with Crippen LogP contribution in [0.1, 0.15) is 32.0 Å². The first kappa shape index (κ1) is 27.4. The van der Waals surface area contributed by atoms with Gasteiger partial charge in [-0.25, -0.2) is 9.37 Å². The number of nitrogens with zero attached hydrogens (tertiary/aromatic N) is 2. The third kappa shape index (κ3) is 7.68. The lowest BCUT2D eigenvalue weighted by molar-refractivity contribution is -0.120. The van der Waals surface area contributed by atoms with Crippen molar-refractivity contribution in [1.29, 1.82) is 0 Å². The Morgan fingerprint density at radius 3 is 2.53 bits per heavy atom. The monoisotopic (exact) mass is 521 g/mol. The van der Waals surface area contributed by atoms with Crippen molar-refractivity contribution in [3.8, 4) is 22.6 Å². The van der Waals surface area contributed by atoms with Crippen molar-refractivity contribution in [3.63, 3.8) is 0 Å². The summed E-state index contributed by atoms with van der Waals surface area (Å²) in [5, 5.41) is 2.88. The number of pyridine rings is 1. The maximum absolute atomic E-state index is 14.1. The van der Waals surface area contributed by atoms with Crippen LogP contribution in [0.25, 0.3) is 11.1 Å². The molecule has 1 N–H and O–H groups in total. The van der Waals surface area contributed by atoms with Gasteiger partial charge in [0.05, 0.1) is 38.5 Å². The van der Waals surface area contributed by atoms with Crippen molar-refractivity contribution in [2.24, 2.45) is 5.92 Å². The Kier molecular flexibility index (Phi) is 9.54. The normalized spacial score (nSPS) is 13.4. The van der Waals surface area contributed by atoms with Gasteiger partial charge in [-0.3, -0.25) is 4.79 Å². The zero-order valence-corrected chi connectivity index (χ0v) is 22.3. The maximum atomic E-state index is 14.1. The molecule has 3 aromatic rings. The van der Waals surface area contributed by atoms with Gasteiger partial charge in [0.1, 0.15) is 23.1 Å². The van der Waals surface area contributed by atoms with E-state index in [1.54, 1.807) is 6.07 Å². The van der Waals surface area contributed by atoms with Crippen LogP contribution in [0.2, 0.25) is 0 Å². The number of aromatic nitrogens is 1. The standard InChI is InChI=1S/C30H36FN3O4/c1-4-37-26-8-5-23(6-9-26)28-10-7-25(33-30(28)34-11-13-36-14-12-34)18-29(35)32-19-22-15-24(31)17-27(16-22)38-20-21(2)3/h5-10,15-17,21H,4,11-14,18-20H2,1-3H3,(H,32,35). The molecule has 0 saturated carbocycles. The molecule has 0 unspecified atom stereocenters. The molecule has 4 rings (SSSR count). The summed E-state index contributed by atoms with van der Waals surface area (Å²) in [6.45, 7) is 10.1. The van der Waals surface area contributed by atoms with Crippen LogP contribution in [0, 0.1) is 11.7 Å². The van der Waals surface area contributed by atoms with E-state index in [2.05, 4.69) is 10.2 Å². The predicted octanol–water partition coefficient (Wildman–Crippen LogP) is 5.02. The number of rotatable bonds is 11. The number of benzene rings is 2. The Bertz CT molecular complexity index is 1210. The summed E-state index contributed by atoms with van der Waals surface area (Å²) >= 11 is 0. The van der Waals surface area contributed by atoms with Crippen molar-refractivity contribution in [3.05, 3.63) is 71.7 Å². The van der Waals surface area contributed by atoms with Gasteiger partial charge in [0, 0.05) is 31.3 Å². The fourth-order valence-electron chi connectivity index (χ4n) is 4.22. The first-order valence-electron chi connectivity index (χ1n) is 13.2. The molecular weight excluding hydrogens is 485 g/mol. The average molecular weight is 522 g/mol. The summed E-state index contributed by atoms with van der Waals surface area (Å²) in [5.74, 6) is 1.87. The van der Waals surface area contributed by atoms with Gasteiger partial charge >= 0.3 is 0 Å². The Balaban J connectivity index is 1.46. The Labute approximate surface area is 223 Å². The van der Waals surface area contributed by atoms with E-state index >= 15 is 0 Å². The molecule has 0 spiro atoms. The summed E-state index contributed by atoms with van der Waals surface area (Å²) in [6, 6.07) is 16.4. The SMILES string of the molecule is CCOc1ccc(-c2ccc(CC(=O)NCc3cc(F)cc(OCC(C)C)c3)nc2N2CCOCC2)cc1. The number of carbonyl (C=O) groups is 1. The highest BCUT2D eigenvalue weighted by Gasteiger charge is 2.19. The lowest BCUT2D eigenvalue weighted by Crippen LogP contribution is -2.37. The van der Waals surface area contributed by atoms with Crippen molar-refractivity contribution < 1.29 is 23.4 Å². The van der Waals surface area contributed by atoms with E-state index in [0.29, 0.717) is 49.4 Å². The highest BCUT2D eigenvalue weighted by molar-refractivity contribution is 5.80. The van der Waals surface area contributed by atoms with Crippen LogP contribution >= 0.6 is 0 Å². The molecule has 38 heavy (non-hydrogen) atoms. The molecule has 2 heterocycles. The molecule has 0 radical (unpaired) electrons. The number of amides is 1. The predicted molar refractivity (Wildman–Crippen MR) is 146 cm³/mol. The summed E-state index contributed by atoms with van der Waals surface area (Å²) in [7, 11) is 0. The zero-order valence-electron chi connectivity index (χ0n) is 22.3. The second-order valence-electron chi connectivity index (χ2n) is 9.68. The molecule has 0 aliphatic carbocycles. The smallest absolute Gasteiger partial charge is 0.226 e. The van der Waals surface area contributed by atoms with E-state index in [9.17, 15) is 9.18 Å². The Morgan fingerprint density at radius 2 is 1.82 bits per heavy atom. The second kappa shape index (κ2) is 13.2. The third-order valence-corrected chi connectivity index (χ3v) is 6.07. The molecule has 1 amide bonds. The van der Waals surface area contributed by atoms with Crippen LogP contribution in [-0.2, 0) is 22.5 Å². The first-order chi connectivity index (χ1) is 18.4. The molecule has 0 bridgehead atoms. The summed E-state index contributed by atoms with van der Waals surface area (Å²) in [5.41, 5.74) is 3.33. The molecule has 2 aromatic carbocycles. The van der Waals surface area contributed by atoms with Crippen LogP contribution in [0.4, 0.5) is 10.2 Å². The number of carbonyl (C=O) groups excluding carboxylic acids is 1. The van der Waals surface area contributed by atoms with Crippen molar-refractivity contribution in [2.75, 3.05) is 44.4 Å². The molecule has 1 aliphatic heterocycles. The van der Waals surface area contributed by atoms with Crippen LogP contribution < -0.4 is 19.7 Å². The molecule has 202 valence electrons. The molecule has 1 saturated heterocycles. The zero-order chi connectivity index (χ0) is 26.9.